The second kappa shape index (κ2) is 8.87. The van der Waals surface area contributed by atoms with E-state index in [0.29, 0.717) is 19.0 Å². The number of nitrogens with one attached hydrogen (secondary N) is 2. The maximum Gasteiger partial charge on any atom is 0.318 e. The summed E-state index contributed by atoms with van der Waals surface area (Å²) in [5, 5.41) is 5.96. The molecule has 1 saturated carbocycles. The lowest BCUT2D eigenvalue weighted by molar-refractivity contribution is -0.126. The van der Waals surface area contributed by atoms with Gasteiger partial charge in [0.05, 0.1) is 12.6 Å². The van der Waals surface area contributed by atoms with Crippen molar-refractivity contribution in [3.05, 3.63) is 23.9 Å². The summed E-state index contributed by atoms with van der Waals surface area (Å²) in [6, 6.07) is 3.72. The van der Waals surface area contributed by atoms with Crippen LogP contribution < -0.4 is 15.4 Å². The van der Waals surface area contributed by atoms with Crippen LogP contribution in [0.25, 0.3) is 0 Å². The molecule has 0 aromatic carbocycles. The van der Waals surface area contributed by atoms with Crippen LogP contribution in [-0.4, -0.2) is 47.1 Å². The SMILES string of the molecule is CCCCOc1ncccc1CNC(=O)N1CC(=O)NC2CCCCC21. The summed E-state index contributed by atoms with van der Waals surface area (Å²) < 4.78 is 5.72. The predicted octanol–water partition coefficient (Wildman–Crippen LogP) is 2.21. The van der Waals surface area contributed by atoms with Crippen molar-refractivity contribution in [2.75, 3.05) is 13.2 Å². The van der Waals surface area contributed by atoms with Crippen LogP contribution in [0, 0.1) is 0 Å². The Kier molecular flexibility index (Phi) is 6.30. The molecule has 1 aromatic heterocycles. The molecule has 0 spiro atoms. The maximum absolute atomic E-state index is 12.7. The molecule has 3 amide bonds. The highest BCUT2D eigenvalue weighted by Gasteiger charge is 2.38. The van der Waals surface area contributed by atoms with E-state index in [9.17, 15) is 9.59 Å². The summed E-state index contributed by atoms with van der Waals surface area (Å²) in [4.78, 5) is 30.6. The number of urea groups is 1. The van der Waals surface area contributed by atoms with Crippen molar-refractivity contribution in [1.29, 1.82) is 0 Å². The van der Waals surface area contributed by atoms with Crippen molar-refractivity contribution >= 4 is 11.9 Å². The van der Waals surface area contributed by atoms with Crippen molar-refractivity contribution in [2.24, 2.45) is 0 Å². The van der Waals surface area contributed by atoms with Crippen molar-refractivity contribution in [1.82, 2.24) is 20.5 Å². The van der Waals surface area contributed by atoms with E-state index in [0.717, 1.165) is 44.1 Å². The smallest absolute Gasteiger partial charge is 0.318 e. The molecular formula is C19H28N4O3. The number of nitrogens with zero attached hydrogens (tertiary/aromatic N) is 2. The molecule has 0 radical (unpaired) electrons. The molecule has 1 saturated heterocycles. The summed E-state index contributed by atoms with van der Waals surface area (Å²) in [5.41, 5.74) is 0.846. The molecule has 26 heavy (non-hydrogen) atoms. The number of amides is 3. The quantitative estimate of drug-likeness (QED) is 0.762. The van der Waals surface area contributed by atoms with E-state index in [-0.39, 0.29) is 30.6 Å². The van der Waals surface area contributed by atoms with Gasteiger partial charge in [-0.15, -0.1) is 0 Å². The third-order valence-corrected chi connectivity index (χ3v) is 5.07. The molecule has 2 heterocycles. The fraction of sp³-hybridized carbons (Fsp3) is 0.632. The first-order valence-corrected chi connectivity index (χ1v) is 9.59. The number of piperazine rings is 1. The number of ether oxygens (including phenoxy) is 1. The van der Waals surface area contributed by atoms with Gasteiger partial charge in [-0.2, -0.15) is 0 Å². The second-order valence-electron chi connectivity index (χ2n) is 6.98. The summed E-state index contributed by atoms with van der Waals surface area (Å²) in [5.74, 6) is 0.487. The third kappa shape index (κ3) is 4.45. The third-order valence-electron chi connectivity index (χ3n) is 5.07. The van der Waals surface area contributed by atoms with Crippen LogP contribution in [-0.2, 0) is 11.3 Å². The molecule has 2 atom stereocenters. The first-order chi connectivity index (χ1) is 12.7. The van der Waals surface area contributed by atoms with Crippen LogP contribution in [0.2, 0.25) is 0 Å². The van der Waals surface area contributed by atoms with Gasteiger partial charge in [0.25, 0.3) is 0 Å². The number of hydrogen-bond acceptors (Lipinski definition) is 4. The highest BCUT2D eigenvalue weighted by atomic mass is 16.5. The van der Waals surface area contributed by atoms with Crippen molar-refractivity contribution < 1.29 is 14.3 Å². The van der Waals surface area contributed by atoms with Gasteiger partial charge in [-0.05, 0) is 25.3 Å². The van der Waals surface area contributed by atoms with Crippen LogP contribution >= 0.6 is 0 Å². The van der Waals surface area contributed by atoms with E-state index >= 15 is 0 Å². The normalized spacial score (nSPS) is 22.3. The van der Waals surface area contributed by atoms with Crippen LogP contribution in [0.5, 0.6) is 5.88 Å². The fourth-order valence-corrected chi connectivity index (χ4v) is 3.67. The minimum atomic E-state index is -0.194. The number of carbonyl (C=O) groups excluding carboxylic acids is 2. The minimum Gasteiger partial charge on any atom is -0.477 e. The van der Waals surface area contributed by atoms with Gasteiger partial charge in [-0.25, -0.2) is 9.78 Å². The Morgan fingerprint density at radius 3 is 3.12 bits per heavy atom. The lowest BCUT2D eigenvalue weighted by Gasteiger charge is -2.43. The molecule has 0 bridgehead atoms. The molecule has 2 fully saturated rings. The van der Waals surface area contributed by atoms with Gasteiger partial charge >= 0.3 is 6.03 Å². The largest absolute Gasteiger partial charge is 0.477 e. The average Bonchev–Trinajstić information content (AvgIpc) is 2.66. The highest BCUT2D eigenvalue weighted by molar-refractivity contribution is 5.86. The summed E-state index contributed by atoms with van der Waals surface area (Å²) in [7, 11) is 0. The van der Waals surface area contributed by atoms with Gasteiger partial charge in [0, 0.05) is 24.3 Å². The summed E-state index contributed by atoms with van der Waals surface area (Å²) in [6.07, 6.45) is 7.79. The number of aromatic nitrogens is 1. The molecule has 7 nitrogen and oxygen atoms in total. The fourth-order valence-electron chi connectivity index (χ4n) is 3.67. The molecule has 2 aliphatic rings. The first kappa shape index (κ1) is 18.5. The van der Waals surface area contributed by atoms with Crippen molar-refractivity contribution in [3.63, 3.8) is 0 Å². The summed E-state index contributed by atoms with van der Waals surface area (Å²) in [6.45, 7) is 3.18. The zero-order valence-electron chi connectivity index (χ0n) is 15.4. The topological polar surface area (TPSA) is 83.6 Å². The molecule has 2 N–H and O–H groups in total. The molecule has 1 aliphatic carbocycles. The number of rotatable bonds is 6. The van der Waals surface area contributed by atoms with E-state index in [2.05, 4.69) is 22.5 Å². The molecule has 2 unspecified atom stereocenters. The van der Waals surface area contributed by atoms with Crippen LogP contribution in [0.3, 0.4) is 0 Å². The predicted molar refractivity (Wildman–Crippen MR) is 97.8 cm³/mol. The Hall–Kier alpha value is -2.31. The molecule has 142 valence electrons. The Bertz CT molecular complexity index is 637. The van der Waals surface area contributed by atoms with Crippen molar-refractivity contribution in [2.45, 2.75) is 64.1 Å². The number of unbranched alkanes of at least 4 members (excludes halogenated alkanes) is 1. The van der Waals surface area contributed by atoms with Crippen molar-refractivity contribution in [3.8, 4) is 5.88 Å². The lowest BCUT2D eigenvalue weighted by atomic mass is 9.87. The Labute approximate surface area is 154 Å². The van der Waals surface area contributed by atoms with E-state index in [1.165, 1.54) is 0 Å². The van der Waals surface area contributed by atoms with Crippen LogP contribution in [0.15, 0.2) is 18.3 Å². The van der Waals surface area contributed by atoms with Crippen LogP contribution in [0.1, 0.15) is 51.0 Å². The van der Waals surface area contributed by atoms with Gasteiger partial charge in [-0.1, -0.05) is 32.3 Å². The van der Waals surface area contributed by atoms with Gasteiger partial charge in [-0.3, -0.25) is 4.79 Å². The summed E-state index contributed by atoms with van der Waals surface area (Å²) >= 11 is 0. The Morgan fingerprint density at radius 1 is 1.42 bits per heavy atom. The van der Waals surface area contributed by atoms with Gasteiger partial charge in [0.2, 0.25) is 11.8 Å². The monoisotopic (exact) mass is 360 g/mol. The number of pyridine rings is 1. The average molecular weight is 360 g/mol. The molecule has 1 aromatic rings. The Morgan fingerprint density at radius 2 is 2.27 bits per heavy atom. The first-order valence-electron chi connectivity index (χ1n) is 9.59. The van der Waals surface area contributed by atoms with Gasteiger partial charge in [0.15, 0.2) is 0 Å². The lowest BCUT2D eigenvalue weighted by Crippen LogP contribution is -2.64. The highest BCUT2D eigenvalue weighted by Crippen LogP contribution is 2.26. The standard InChI is InChI=1S/C19H28N4O3/c1-2-3-11-26-18-14(7-6-10-20-18)12-21-19(25)23-13-17(24)22-15-8-4-5-9-16(15)23/h6-7,10,15-16H,2-5,8-9,11-13H2,1H3,(H,21,25)(H,22,24). The zero-order valence-corrected chi connectivity index (χ0v) is 15.4. The Balaban J connectivity index is 1.60. The van der Waals surface area contributed by atoms with Crippen LogP contribution in [0.4, 0.5) is 4.79 Å². The zero-order chi connectivity index (χ0) is 18.4. The minimum absolute atomic E-state index is 0.0757. The van der Waals surface area contributed by atoms with E-state index in [1.807, 2.05) is 12.1 Å². The van der Waals surface area contributed by atoms with E-state index in [4.69, 9.17) is 4.74 Å². The van der Waals surface area contributed by atoms with E-state index in [1.54, 1.807) is 11.1 Å². The second-order valence-corrected chi connectivity index (χ2v) is 6.98. The maximum atomic E-state index is 12.7. The number of hydrogen-bond donors (Lipinski definition) is 2. The van der Waals surface area contributed by atoms with E-state index < -0.39 is 0 Å². The molecule has 3 rings (SSSR count). The molecular weight excluding hydrogens is 332 g/mol. The van der Waals surface area contributed by atoms with Gasteiger partial charge < -0.3 is 20.3 Å². The molecule has 7 heteroatoms. The molecule has 1 aliphatic heterocycles. The van der Waals surface area contributed by atoms with Gasteiger partial charge in [0.1, 0.15) is 6.54 Å². The number of carbonyl (C=O) groups is 2. The number of fused-ring (bicyclic) bond motifs is 1.